The Bertz CT molecular complexity index is 1650. The lowest BCUT2D eigenvalue weighted by Gasteiger charge is -2.40. The van der Waals surface area contributed by atoms with Gasteiger partial charge in [-0.1, -0.05) is 92.6 Å². The Morgan fingerprint density at radius 1 is 0.755 bits per heavy atom. The maximum absolute atomic E-state index is 14.6. The topological polar surface area (TPSA) is 62.3 Å². The van der Waals surface area contributed by atoms with E-state index in [-0.39, 0.29) is 11.8 Å². The molecule has 7 heteroatoms. The normalized spacial score (nSPS) is 13.7. The monoisotopic (exact) mass is 659 g/mol. The number of nitrogens with zero attached hydrogens (tertiary/aromatic N) is 3. The number of carbonyl (C=O) groups is 2. The van der Waals surface area contributed by atoms with Crippen LogP contribution in [0.4, 0.5) is 5.69 Å². The van der Waals surface area contributed by atoms with Crippen molar-refractivity contribution in [3.8, 4) is 11.5 Å². The highest BCUT2D eigenvalue weighted by Crippen LogP contribution is 2.24. The predicted octanol–water partition coefficient (Wildman–Crippen LogP) is 7.44. The number of hydrogen-bond donors (Lipinski definition) is 0. The molecule has 2 amide bonds. The molecule has 1 fully saturated rings. The number of rotatable bonds is 15. The molecule has 1 aliphatic heterocycles. The van der Waals surface area contributed by atoms with E-state index in [9.17, 15) is 9.59 Å². The van der Waals surface area contributed by atoms with Crippen molar-refractivity contribution in [1.82, 2.24) is 9.80 Å². The second kappa shape index (κ2) is 17.9. The van der Waals surface area contributed by atoms with Gasteiger partial charge in [0, 0.05) is 57.0 Å². The van der Waals surface area contributed by atoms with Crippen LogP contribution in [0, 0.1) is 0 Å². The fourth-order valence-corrected chi connectivity index (χ4v) is 6.28. The first kappa shape index (κ1) is 35.3. The standard InChI is InChI=1S/C42H49N3O4/c1-4-5-7-11-33-16-18-36(19-17-33)32-45(41(46)25-22-34-20-23-38(48-2)24-21-34)40(30-35-12-8-6-9-13-35)42(47)44-28-26-43(27-29-44)37-14-10-15-39(31-37)49-3/h6,8-10,12-25,31,40H,4-5,7,11,26-30,32H2,1-3H3/t40-/m0/s1. The first-order chi connectivity index (χ1) is 24.0. The summed E-state index contributed by atoms with van der Waals surface area (Å²) >= 11 is 0. The molecule has 4 aromatic carbocycles. The van der Waals surface area contributed by atoms with E-state index in [0.29, 0.717) is 39.1 Å². The number of methoxy groups -OCH3 is 2. The van der Waals surface area contributed by atoms with Crippen LogP contribution in [0.25, 0.3) is 6.08 Å². The summed E-state index contributed by atoms with van der Waals surface area (Å²) in [4.78, 5) is 34.8. The number of carbonyl (C=O) groups excluding carboxylic acids is 2. The maximum Gasteiger partial charge on any atom is 0.247 e. The van der Waals surface area contributed by atoms with Crippen molar-refractivity contribution < 1.29 is 19.1 Å². The summed E-state index contributed by atoms with van der Waals surface area (Å²) in [6.07, 6.45) is 8.42. The van der Waals surface area contributed by atoms with Crippen molar-refractivity contribution in [2.24, 2.45) is 0 Å². The van der Waals surface area contributed by atoms with E-state index in [4.69, 9.17) is 9.47 Å². The molecule has 1 heterocycles. The average molecular weight is 660 g/mol. The fraction of sp³-hybridized carbons (Fsp3) is 0.333. The minimum atomic E-state index is -0.678. The molecule has 0 N–H and O–H groups in total. The molecule has 0 spiro atoms. The molecular formula is C42H49N3O4. The number of anilines is 1. The number of hydrogen-bond acceptors (Lipinski definition) is 5. The Kier molecular flexibility index (Phi) is 12.9. The number of unbranched alkanes of at least 4 members (excludes halogenated alkanes) is 2. The summed E-state index contributed by atoms with van der Waals surface area (Å²) in [6.45, 7) is 5.07. The van der Waals surface area contributed by atoms with Gasteiger partial charge in [-0.2, -0.15) is 0 Å². The van der Waals surface area contributed by atoms with Gasteiger partial charge in [-0.15, -0.1) is 0 Å². The molecule has 4 aromatic rings. The van der Waals surface area contributed by atoms with E-state index < -0.39 is 6.04 Å². The summed E-state index contributed by atoms with van der Waals surface area (Å²) in [6, 6.07) is 33.4. The van der Waals surface area contributed by atoms with Gasteiger partial charge in [-0.05, 0) is 65.4 Å². The SMILES string of the molecule is CCCCCc1ccc(CN(C(=O)C=Cc2ccc(OC)cc2)[C@@H](Cc2ccccc2)C(=O)N2CCN(c3cccc(OC)c3)CC2)cc1. The summed E-state index contributed by atoms with van der Waals surface area (Å²) in [7, 11) is 3.30. The lowest BCUT2D eigenvalue weighted by atomic mass is 10.0. The lowest BCUT2D eigenvalue weighted by Crippen LogP contribution is -2.56. The second-order valence-corrected chi connectivity index (χ2v) is 12.6. The zero-order valence-corrected chi connectivity index (χ0v) is 29.1. The third kappa shape index (κ3) is 9.99. The van der Waals surface area contributed by atoms with Crippen LogP contribution in [0.5, 0.6) is 11.5 Å². The van der Waals surface area contributed by atoms with Crippen LogP contribution in [0.2, 0.25) is 0 Å². The Labute approximate surface area is 291 Å². The average Bonchev–Trinajstić information content (AvgIpc) is 3.16. The summed E-state index contributed by atoms with van der Waals surface area (Å²) in [5.74, 6) is 1.33. The van der Waals surface area contributed by atoms with E-state index in [1.165, 1.54) is 18.4 Å². The predicted molar refractivity (Wildman–Crippen MR) is 198 cm³/mol. The lowest BCUT2D eigenvalue weighted by molar-refractivity contribution is -0.144. The number of benzene rings is 4. The van der Waals surface area contributed by atoms with Crippen molar-refractivity contribution in [1.29, 1.82) is 0 Å². The van der Waals surface area contributed by atoms with Crippen molar-refractivity contribution >= 4 is 23.6 Å². The van der Waals surface area contributed by atoms with E-state index in [0.717, 1.165) is 46.7 Å². The fourth-order valence-electron chi connectivity index (χ4n) is 6.28. The van der Waals surface area contributed by atoms with Crippen LogP contribution in [-0.2, 0) is 29.0 Å². The Balaban J connectivity index is 1.41. The van der Waals surface area contributed by atoms with Gasteiger partial charge in [0.05, 0.1) is 14.2 Å². The molecule has 0 radical (unpaired) electrons. The van der Waals surface area contributed by atoms with Crippen molar-refractivity contribution in [3.63, 3.8) is 0 Å². The quantitative estimate of drug-likeness (QED) is 0.0981. The highest BCUT2D eigenvalue weighted by molar-refractivity contribution is 5.96. The third-order valence-corrected chi connectivity index (χ3v) is 9.21. The van der Waals surface area contributed by atoms with Gasteiger partial charge in [0.1, 0.15) is 17.5 Å². The minimum Gasteiger partial charge on any atom is -0.497 e. The van der Waals surface area contributed by atoms with Gasteiger partial charge < -0.3 is 24.2 Å². The van der Waals surface area contributed by atoms with E-state index in [2.05, 4.69) is 42.2 Å². The van der Waals surface area contributed by atoms with E-state index >= 15 is 0 Å². The summed E-state index contributed by atoms with van der Waals surface area (Å²) < 4.78 is 10.7. The summed E-state index contributed by atoms with van der Waals surface area (Å²) in [5.41, 5.74) is 5.26. The first-order valence-corrected chi connectivity index (χ1v) is 17.4. The molecule has 0 aliphatic carbocycles. The van der Waals surface area contributed by atoms with Gasteiger partial charge in [0.15, 0.2) is 0 Å². The molecule has 1 saturated heterocycles. The van der Waals surface area contributed by atoms with Crippen LogP contribution in [0.1, 0.15) is 48.4 Å². The van der Waals surface area contributed by atoms with Crippen LogP contribution in [-0.4, -0.2) is 68.1 Å². The molecule has 0 saturated carbocycles. The van der Waals surface area contributed by atoms with Gasteiger partial charge >= 0.3 is 0 Å². The Morgan fingerprint density at radius 3 is 2.12 bits per heavy atom. The van der Waals surface area contributed by atoms with Crippen molar-refractivity contribution in [2.45, 2.75) is 51.6 Å². The van der Waals surface area contributed by atoms with Crippen LogP contribution < -0.4 is 14.4 Å². The Morgan fingerprint density at radius 2 is 1.45 bits per heavy atom. The molecule has 1 aliphatic rings. The van der Waals surface area contributed by atoms with E-state index in [1.54, 1.807) is 25.2 Å². The zero-order chi connectivity index (χ0) is 34.4. The van der Waals surface area contributed by atoms with Gasteiger partial charge in [0.2, 0.25) is 11.8 Å². The molecule has 5 rings (SSSR count). The molecule has 1 atom stereocenters. The molecule has 0 unspecified atom stereocenters. The highest BCUT2D eigenvalue weighted by Gasteiger charge is 2.34. The van der Waals surface area contributed by atoms with Gasteiger partial charge in [-0.25, -0.2) is 0 Å². The number of aryl methyl sites for hydroxylation is 1. The number of piperazine rings is 1. The summed E-state index contributed by atoms with van der Waals surface area (Å²) in [5, 5.41) is 0. The third-order valence-electron chi connectivity index (χ3n) is 9.21. The van der Waals surface area contributed by atoms with Gasteiger partial charge in [0.25, 0.3) is 0 Å². The van der Waals surface area contributed by atoms with Gasteiger partial charge in [-0.3, -0.25) is 9.59 Å². The second-order valence-electron chi connectivity index (χ2n) is 12.6. The smallest absolute Gasteiger partial charge is 0.247 e. The van der Waals surface area contributed by atoms with Crippen molar-refractivity contribution in [3.05, 3.63) is 131 Å². The largest absolute Gasteiger partial charge is 0.497 e. The number of amides is 2. The van der Waals surface area contributed by atoms with Crippen LogP contribution in [0.3, 0.4) is 0 Å². The Hall–Kier alpha value is -5.04. The van der Waals surface area contributed by atoms with E-state index in [1.807, 2.05) is 83.8 Å². The molecule has 7 nitrogen and oxygen atoms in total. The molecule has 0 aromatic heterocycles. The molecular weight excluding hydrogens is 610 g/mol. The van der Waals surface area contributed by atoms with Crippen molar-refractivity contribution in [2.75, 3.05) is 45.3 Å². The van der Waals surface area contributed by atoms with Crippen LogP contribution >= 0.6 is 0 Å². The molecule has 256 valence electrons. The maximum atomic E-state index is 14.6. The molecule has 49 heavy (non-hydrogen) atoms. The van der Waals surface area contributed by atoms with Crippen LogP contribution in [0.15, 0.2) is 109 Å². The molecule has 0 bridgehead atoms. The highest BCUT2D eigenvalue weighted by atomic mass is 16.5. The first-order valence-electron chi connectivity index (χ1n) is 17.4. The minimum absolute atomic E-state index is 0.0310. The zero-order valence-electron chi connectivity index (χ0n) is 29.1. The number of ether oxygens (including phenoxy) is 2.